The number of carbonyl (C=O) groups excluding carboxylic acids is 2. The van der Waals surface area contributed by atoms with Crippen LogP contribution in [-0.4, -0.2) is 44.8 Å². The van der Waals surface area contributed by atoms with Gasteiger partial charge in [-0.05, 0) is 43.3 Å². The summed E-state index contributed by atoms with van der Waals surface area (Å²) in [7, 11) is 0. The van der Waals surface area contributed by atoms with Gasteiger partial charge in [-0.1, -0.05) is 23.2 Å². The van der Waals surface area contributed by atoms with Crippen molar-refractivity contribution in [1.82, 2.24) is 0 Å². The molecule has 6 nitrogen and oxygen atoms in total. The Morgan fingerprint density at radius 3 is 2.54 bits per heavy atom. The van der Waals surface area contributed by atoms with Crippen molar-refractivity contribution < 1.29 is 19.1 Å². The van der Waals surface area contributed by atoms with Crippen LogP contribution in [0.4, 0.5) is 11.4 Å². The summed E-state index contributed by atoms with van der Waals surface area (Å²) in [5.41, 5.74) is 1.91. The zero-order valence-corrected chi connectivity index (χ0v) is 16.8. The average molecular weight is 423 g/mol. The second kappa shape index (κ2) is 9.28. The summed E-state index contributed by atoms with van der Waals surface area (Å²) in [6.07, 6.45) is 0. The number of esters is 1. The normalized spacial score (nSPS) is 13.9. The molecule has 1 heterocycles. The number of nitrogens with one attached hydrogen (secondary N) is 1. The van der Waals surface area contributed by atoms with E-state index in [2.05, 4.69) is 10.2 Å². The van der Waals surface area contributed by atoms with E-state index in [0.29, 0.717) is 48.1 Å². The molecule has 2 aromatic rings. The molecule has 3 rings (SSSR count). The van der Waals surface area contributed by atoms with Crippen LogP contribution in [0.15, 0.2) is 36.4 Å². The molecule has 1 aliphatic heterocycles. The summed E-state index contributed by atoms with van der Waals surface area (Å²) in [4.78, 5) is 27.1. The zero-order chi connectivity index (χ0) is 20.1. The van der Waals surface area contributed by atoms with E-state index in [1.54, 1.807) is 37.3 Å². The molecule has 0 radical (unpaired) electrons. The fraction of sp³-hybridized carbons (Fsp3) is 0.300. The molecule has 0 saturated carbocycles. The van der Waals surface area contributed by atoms with Gasteiger partial charge in [-0.25, -0.2) is 4.79 Å². The topological polar surface area (TPSA) is 67.9 Å². The fourth-order valence-corrected chi connectivity index (χ4v) is 3.43. The molecule has 1 N–H and O–H groups in total. The van der Waals surface area contributed by atoms with Crippen molar-refractivity contribution in [2.75, 3.05) is 43.1 Å². The molecule has 0 aromatic heterocycles. The maximum Gasteiger partial charge on any atom is 0.340 e. The number of anilines is 2. The minimum absolute atomic E-state index is 0.251. The number of rotatable bonds is 5. The number of halogens is 2. The van der Waals surface area contributed by atoms with E-state index >= 15 is 0 Å². The number of carbonyl (C=O) groups is 2. The number of hydrogen-bond acceptors (Lipinski definition) is 5. The zero-order valence-electron chi connectivity index (χ0n) is 15.3. The summed E-state index contributed by atoms with van der Waals surface area (Å²) in [6.45, 7) is 4.56. The van der Waals surface area contributed by atoms with Gasteiger partial charge >= 0.3 is 5.97 Å². The number of ether oxygens (including phenoxy) is 2. The predicted octanol–water partition coefficient (Wildman–Crippen LogP) is 4.26. The molecule has 0 bridgehead atoms. The van der Waals surface area contributed by atoms with Crippen LogP contribution >= 0.6 is 23.2 Å². The Balaban J connectivity index is 1.88. The fourth-order valence-electron chi connectivity index (χ4n) is 2.94. The van der Waals surface area contributed by atoms with Crippen LogP contribution < -0.4 is 10.2 Å². The highest BCUT2D eigenvalue weighted by molar-refractivity contribution is 6.37. The van der Waals surface area contributed by atoms with E-state index in [1.165, 1.54) is 6.07 Å². The molecule has 8 heteroatoms. The molecule has 1 amide bonds. The molecule has 0 aliphatic carbocycles. The van der Waals surface area contributed by atoms with Crippen molar-refractivity contribution >= 4 is 46.5 Å². The molecule has 0 atom stereocenters. The quantitative estimate of drug-likeness (QED) is 0.728. The van der Waals surface area contributed by atoms with E-state index in [-0.39, 0.29) is 11.6 Å². The molecule has 1 aliphatic rings. The second-order valence-corrected chi connectivity index (χ2v) is 6.97. The summed E-state index contributed by atoms with van der Waals surface area (Å²) < 4.78 is 10.6. The first-order valence-corrected chi connectivity index (χ1v) is 9.65. The molecular weight excluding hydrogens is 403 g/mol. The number of amides is 1. The summed E-state index contributed by atoms with van der Waals surface area (Å²) in [6, 6.07) is 9.81. The van der Waals surface area contributed by atoms with E-state index in [1.807, 2.05) is 0 Å². The predicted molar refractivity (Wildman–Crippen MR) is 110 cm³/mol. The lowest BCUT2D eigenvalue weighted by molar-refractivity contribution is 0.0526. The SMILES string of the molecule is CCOC(=O)c1cc(NC(=O)c2ccc(Cl)cc2Cl)ccc1N1CCOCC1. The van der Waals surface area contributed by atoms with Gasteiger partial charge < -0.3 is 19.7 Å². The van der Waals surface area contributed by atoms with Crippen LogP contribution in [0.2, 0.25) is 10.0 Å². The van der Waals surface area contributed by atoms with Crippen molar-refractivity contribution in [3.63, 3.8) is 0 Å². The third-order valence-electron chi connectivity index (χ3n) is 4.28. The van der Waals surface area contributed by atoms with Gasteiger partial charge in [0.2, 0.25) is 0 Å². The highest BCUT2D eigenvalue weighted by Gasteiger charge is 2.21. The maximum absolute atomic E-state index is 12.6. The largest absolute Gasteiger partial charge is 0.462 e. The van der Waals surface area contributed by atoms with Gasteiger partial charge in [-0.15, -0.1) is 0 Å². The van der Waals surface area contributed by atoms with Gasteiger partial charge in [0.05, 0.1) is 41.7 Å². The van der Waals surface area contributed by atoms with Crippen molar-refractivity contribution in [2.24, 2.45) is 0 Å². The van der Waals surface area contributed by atoms with Crippen LogP contribution in [0.25, 0.3) is 0 Å². The highest BCUT2D eigenvalue weighted by atomic mass is 35.5. The summed E-state index contributed by atoms with van der Waals surface area (Å²) >= 11 is 12.0. The lowest BCUT2D eigenvalue weighted by Gasteiger charge is -2.30. The minimum atomic E-state index is -0.440. The van der Waals surface area contributed by atoms with Gasteiger partial charge in [0.15, 0.2) is 0 Å². The Kier molecular flexibility index (Phi) is 6.78. The van der Waals surface area contributed by atoms with Crippen LogP contribution in [0, 0.1) is 0 Å². The molecular formula is C20H20Cl2N2O4. The Bertz CT molecular complexity index is 883. The van der Waals surface area contributed by atoms with Gasteiger partial charge in [0.1, 0.15) is 0 Å². The first-order chi connectivity index (χ1) is 13.5. The third kappa shape index (κ3) is 4.76. The number of nitrogens with zero attached hydrogens (tertiary/aromatic N) is 1. The smallest absolute Gasteiger partial charge is 0.340 e. The maximum atomic E-state index is 12.6. The highest BCUT2D eigenvalue weighted by Crippen LogP contribution is 2.27. The molecule has 148 valence electrons. The van der Waals surface area contributed by atoms with Crippen LogP contribution in [0.5, 0.6) is 0 Å². The van der Waals surface area contributed by atoms with Gasteiger partial charge in [0.25, 0.3) is 5.91 Å². The molecule has 1 saturated heterocycles. The lowest BCUT2D eigenvalue weighted by atomic mass is 10.1. The van der Waals surface area contributed by atoms with E-state index in [4.69, 9.17) is 32.7 Å². The summed E-state index contributed by atoms with van der Waals surface area (Å²) in [5, 5.41) is 3.46. The molecule has 0 unspecified atom stereocenters. The Morgan fingerprint density at radius 1 is 1.11 bits per heavy atom. The van der Waals surface area contributed by atoms with Crippen LogP contribution in [0.1, 0.15) is 27.6 Å². The first-order valence-electron chi connectivity index (χ1n) is 8.90. The third-order valence-corrected chi connectivity index (χ3v) is 4.83. The molecule has 0 spiro atoms. The van der Waals surface area contributed by atoms with E-state index in [0.717, 1.165) is 5.69 Å². The van der Waals surface area contributed by atoms with Gasteiger partial charge in [-0.2, -0.15) is 0 Å². The van der Waals surface area contributed by atoms with Crippen molar-refractivity contribution in [3.8, 4) is 0 Å². The standard InChI is InChI=1S/C20H20Cl2N2O4/c1-2-28-20(26)16-12-14(4-6-18(16)24-7-9-27-10-8-24)23-19(25)15-5-3-13(21)11-17(15)22/h3-6,11-12H,2,7-10H2,1H3,(H,23,25). The average Bonchev–Trinajstić information content (AvgIpc) is 2.68. The monoisotopic (exact) mass is 422 g/mol. The van der Waals surface area contributed by atoms with Crippen molar-refractivity contribution in [1.29, 1.82) is 0 Å². The second-order valence-electron chi connectivity index (χ2n) is 6.13. The van der Waals surface area contributed by atoms with Gasteiger partial charge in [0, 0.05) is 23.8 Å². The number of benzene rings is 2. The van der Waals surface area contributed by atoms with Crippen LogP contribution in [-0.2, 0) is 9.47 Å². The molecule has 28 heavy (non-hydrogen) atoms. The summed E-state index contributed by atoms with van der Waals surface area (Å²) in [5.74, 6) is -0.833. The Morgan fingerprint density at radius 2 is 1.86 bits per heavy atom. The van der Waals surface area contributed by atoms with Crippen LogP contribution in [0.3, 0.4) is 0 Å². The lowest BCUT2D eigenvalue weighted by Crippen LogP contribution is -2.37. The van der Waals surface area contributed by atoms with E-state index in [9.17, 15) is 9.59 Å². The van der Waals surface area contributed by atoms with Crippen molar-refractivity contribution in [2.45, 2.75) is 6.92 Å². The Labute approximate surface area is 173 Å². The molecule has 1 fully saturated rings. The van der Waals surface area contributed by atoms with Gasteiger partial charge in [-0.3, -0.25) is 4.79 Å². The molecule has 2 aromatic carbocycles. The Hall–Kier alpha value is -2.28. The number of morpholine rings is 1. The first kappa shape index (κ1) is 20.5. The van der Waals surface area contributed by atoms with Crippen molar-refractivity contribution in [3.05, 3.63) is 57.6 Å². The minimum Gasteiger partial charge on any atom is -0.462 e. The number of hydrogen-bond donors (Lipinski definition) is 1. The van der Waals surface area contributed by atoms with E-state index < -0.39 is 11.9 Å².